The lowest BCUT2D eigenvalue weighted by Crippen LogP contribution is -2.19. The van der Waals surface area contributed by atoms with Gasteiger partial charge in [0.15, 0.2) is 0 Å². The Morgan fingerprint density at radius 3 is 2.62 bits per heavy atom. The normalized spacial score (nSPS) is 10.5. The molecule has 2 rings (SSSR count). The van der Waals surface area contributed by atoms with Crippen LogP contribution in [0.4, 0.5) is 11.8 Å². The van der Waals surface area contributed by atoms with E-state index >= 15 is 0 Å². The molecule has 2 aromatic rings. The van der Waals surface area contributed by atoms with Crippen molar-refractivity contribution in [2.45, 2.75) is 33.7 Å². The molecule has 0 bridgehead atoms. The van der Waals surface area contributed by atoms with E-state index in [0.717, 1.165) is 31.0 Å². The highest BCUT2D eigenvalue weighted by atomic mass is 15.2. The van der Waals surface area contributed by atoms with Crippen molar-refractivity contribution >= 4 is 11.8 Å². The molecule has 0 aliphatic carbocycles. The Morgan fingerprint density at radius 1 is 1.14 bits per heavy atom. The molecule has 0 aliphatic heterocycles. The molecule has 112 valence electrons. The molecule has 0 unspecified atom stereocenters. The average Bonchev–Trinajstić information content (AvgIpc) is 2.47. The number of hydrogen-bond donors (Lipinski definition) is 1. The fourth-order valence-electron chi connectivity index (χ4n) is 2.19. The number of anilines is 2. The Balaban J connectivity index is 2.16. The van der Waals surface area contributed by atoms with E-state index in [2.05, 4.69) is 65.3 Å². The summed E-state index contributed by atoms with van der Waals surface area (Å²) in [7, 11) is 2.07. The minimum Gasteiger partial charge on any atom is -0.355 e. The van der Waals surface area contributed by atoms with Gasteiger partial charge < -0.3 is 10.2 Å². The molecule has 0 spiro atoms. The summed E-state index contributed by atoms with van der Waals surface area (Å²) in [5, 5.41) is 3.26. The second kappa shape index (κ2) is 7.07. The van der Waals surface area contributed by atoms with E-state index in [0.29, 0.717) is 5.95 Å². The first-order chi connectivity index (χ1) is 10.1. The molecule has 0 amide bonds. The number of nitrogens with one attached hydrogen (secondary N) is 1. The number of benzene rings is 1. The molecular formula is C17H24N4. The molecule has 4 nitrogen and oxygen atoms in total. The highest BCUT2D eigenvalue weighted by Gasteiger charge is 2.08. The predicted octanol–water partition coefficient (Wildman–Crippen LogP) is 3.55. The van der Waals surface area contributed by atoms with Crippen molar-refractivity contribution < 1.29 is 0 Å². The first kappa shape index (κ1) is 15.3. The van der Waals surface area contributed by atoms with Crippen LogP contribution in [0.5, 0.6) is 0 Å². The van der Waals surface area contributed by atoms with E-state index in [-0.39, 0.29) is 0 Å². The van der Waals surface area contributed by atoms with Gasteiger partial charge in [0, 0.05) is 31.9 Å². The van der Waals surface area contributed by atoms with Crippen molar-refractivity contribution in [2.75, 3.05) is 23.8 Å². The Labute approximate surface area is 127 Å². The van der Waals surface area contributed by atoms with E-state index in [1.165, 1.54) is 11.1 Å². The number of nitrogens with zero attached hydrogens (tertiary/aromatic N) is 3. The van der Waals surface area contributed by atoms with Gasteiger partial charge in [-0.15, -0.1) is 0 Å². The van der Waals surface area contributed by atoms with Gasteiger partial charge in [-0.05, 0) is 31.4 Å². The van der Waals surface area contributed by atoms with Crippen LogP contribution in [0.15, 0.2) is 30.3 Å². The predicted molar refractivity (Wildman–Crippen MR) is 88.8 cm³/mol. The maximum Gasteiger partial charge on any atom is 0.224 e. The number of rotatable bonds is 6. The van der Waals surface area contributed by atoms with Crippen LogP contribution < -0.4 is 10.2 Å². The summed E-state index contributed by atoms with van der Waals surface area (Å²) in [6.07, 6.45) is 1.06. The second-order valence-corrected chi connectivity index (χ2v) is 5.40. The molecule has 1 N–H and O–H groups in total. The molecule has 1 aromatic carbocycles. The molecule has 0 fully saturated rings. The lowest BCUT2D eigenvalue weighted by Gasteiger charge is -2.20. The fourth-order valence-corrected chi connectivity index (χ4v) is 2.19. The third-order valence-electron chi connectivity index (χ3n) is 3.43. The average molecular weight is 284 g/mol. The molecule has 0 saturated carbocycles. The van der Waals surface area contributed by atoms with Gasteiger partial charge in [0.05, 0.1) is 0 Å². The lowest BCUT2D eigenvalue weighted by molar-refractivity contribution is 0.874. The lowest BCUT2D eigenvalue weighted by atomic mass is 10.1. The van der Waals surface area contributed by atoms with Crippen LogP contribution in [-0.2, 0) is 6.54 Å². The Morgan fingerprint density at radius 2 is 1.90 bits per heavy atom. The third-order valence-corrected chi connectivity index (χ3v) is 3.43. The third kappa shape index (κ3) is 4.18. The molecule has 0 radical (unpaired) electrons. The van der Waals surface area contributed by atoms with Gasteiger partial charge in [0.1, 0.15) is 5.82 Å². The summed E-state index contributed by atoms with van der Waals surface area (Å²) >= 11 is 0. The topological polar surface area (TPSA) is 41.1 Å². The summed E-state index contributed by atoms with van der Waals surface area (Å²) in [6, 6.07) is 10.5. The molecule has 1 aromatic heterocycles. The van der Waals surface area contributed by atoms with Gasteiger partial charge in [0.25, 0.3) is 0 Å². The van der Waals surface area contributed by atoms with E-state index in [1.54, 1.807) is 0 Å². The maximum absolute atomic E-state index is 4.60. The number of hydrogen-bond acceptors (Lipinski definition) is 4. The van der Waals surface area contributed by atoms with Crippen molar-refractivity contribution in [3.63, 3.8) is 0 Å². The molecule has 1 heterocycles. The van der Waals surface area contributed by atoms with Crippen LogP contribution in [0.3, 0.4) is 0 Å². The minimum absolute atomic E-state index is 0.712. The molecular weight excluding hydrogens is 260 g/mol. The summed E-state index contributed by atoms with van der Waals surface area (Å²) < 4.78 is 0. The van der Waals surface area contributed by atoms with Crippen molar-refractivity contribution in [3.05, 3.63) is 47.2 Å². The Bertz CT molecular complexity index is 595. The first-order valence-electron chi connectivity index (χ1n) is 7.45. The number of aryl methyl sites for hydroxylation is 2. The van der Waals surface area contributed by atoms with Gasteiger partial charge in [-0.2, -0.15) is 4.98 Å². The molecule has 0 aliphatic rings. The van der Waals surface area contributed by atoms with Crippen molar-refractivity contribution in [2.24, 2.45) is 0 Å². The Kier molecular flexibility index (Phi) is 5.14. The maximum atomic E-state index is 4.60. The zero-order valence-electron chi connectivity index (χ0n) is 13.3. The van der Waals surface area contributed by atoms with Crippen LogP contribution >= 0.6 is 0 Å². The fraction of sp³-hybridized carbons (Fsp3) is 0.412. The van der Waals surface area contributed by atoms with Crippen LogP contribution in [0, 0.1) is 13.8 Å². The van der Waals surface area contributed by atoms with Crippen molar-refractivity contribution in [1.82, 2.24) is 9.97 Å². The standard InChI is InChI=1S/C17H24N4/c1-5-10-18-17-19-14(3)11-16(20-17)21(4)12-15-9-7-6-8-13(15)2/h6-9,11H,5,10,12H2,1-4H3,(H,18,19,20). The molecule has 4 heteroatoms. The summed E-state index contributed by atoms with van der Waals surface area (Å²) in [6.45, 7) is 8.02. The van der Waals surface area contributed by atoms with E-state index in [9.17, 15) is 0 Å². The largest absolute Gasteiger partial charge is 0.355 e. The van der Waals surface area contributed by atoms with E-state index < -0.39 is 0 Å². The highest BCUT2D eigenvalue weighted by molar-refractivity contribution is 5.45. The summed E-state index contributed by atoms with van der Waals surface area (Å²) in [5.41, 5.74) is 3.61. The molecule has 0 atom stereocenters. The summed E-state index contributed by atoms with van der Waals surface area (Å²) in [5.74, 6) is 1.66. The quantitative estimate of drug-likeness (QED) is 0.880. The summed E-state index contributed by atoms with van der Waals surface area (Å²) in [4.78, 5) is 11.2. The molecule has 21 heavy (non-hydrogen) atoms. The second-order valence-electron chi connectivity index (χ2n) is 5.40. The van der Waals surface area contributed by atoms with E-state index in [4.69, 9.17) is 0 Å². The SMILES string of the molecule is CCCNc1nc(C)cc(N(C)Cc2ccccc2C)n1. The van der Waals surface area contributed by atoms with Gasteiger partial charge in [-0.1, -0.05) is 31.2 Å². The van der Waals surface area contributed by atoms with Gasteiger partial charge >= 0.3 is 0 Å². The van der Waals surface area contributed by atoms with Crippen LogP contribution in [0.1, 0.15) is 30.2 Å². The van der Waals surface area contributed by atoms with Crippen LogP contribution in [0.2, 0.25) is 0 Å². The van der Waals surface area contributed by atoms with Crippen molar-refractivity contribution in [3.8, 4) is 0 Å². The number of aromatic nitrogens is 2. The zero-order chi connectivity index (χ0) is 15.2. The minimum atomic E-state index is 0.712. The molecule has 0 saturated heterocycles. The van der Waals surface area contributed by atoms with E-state index in [1.807, 2.05) is 13.0 Å². The highest BCUT2D eigenvalue weighted by Crippen LogP contribution is 2.17. The monoisotopic (exact) mass is 284 g/mol. The Hall–Kier alpha value is -2.10. The van der Waals surface area contributed by atoms with Crippen LogP contribution in [-0.4, -0.2) is 23.6 Å². The van der Waals surface area contributed by atoms with Crippen molar-refractivity contribution in [1.29, 1.82) is 0 Å². The van der Waals surface area contributed by atoms with Crippen LogP contribution in [0.25, 0.3) is 0 Å². The zero-order valence-corrected chi connectivity index (χ0v) is 13.3. The van der Waals surface area contributed by atoms with Gasteiger partial charge in [-0.3, -0.25) is 0 Å². The van der Waals surface area contributed by atoms with Gasteiger partial charge in [-0.25, -0.2) is 4.98 Å². The van der Waals surface area contributed by atoms with Gasteiger partial charge in [0.2, 0.25) is 5.95 Å². The first-order valence-corrected chi connectivity index (χ1v) is 7.45. The smallest absolute Gasteiger partial charge is 0.224 e.